The summed E-state index contributed by atoms with van der Waals surface area (Å²) in [6, 6.07) is 59.7. The van der Waals surface area contributed by atoms with Crippen LogP contribution in [0.25, 0.3) is 0 Å². The van der Waals surface area contributed by atoms with Crippen molar-refractivity contribution < 1.29 is 18.6 Å². The Bertz CT molecular complexity index is 1900. The van der Waals surface area contributed by atoms with Crippen molar-refractivity contribution in [3.8, 4) is 0 Å². The fraction of sp³-hybridized carbons (Fsp3) is 0.111. The van der Waals surface area contributed by atoms with E-state index in [0.717, 1.165) is 51.1 Å². The highest BCUT2D eigenvalue weighted by molar-refractivity contribution is 7.92. The van der Waals surface area contributed by atoms with Crippen molar-refractivity contribution in [2.24, 2.45) is 0 Å². The number of benzene rings is 6. The number of carbonyl (C=O) groups is 2. The SMILES string of the molecule is O=C(C=C(C(=O)O[P+](c1ccccc1)(c1ccccc1)c1ccccc1)N1CCCCC1)O[P+](c1ccccc1)(c1ccccc1)c1ccccc1. The van der Waals surface area contributed by atoms with Crippen LogP contribution in [0.2, 0.25) is 0 Å². The van der Waals surface area contributed by atoms with E-state index in [0.29, 0.717) is 13.1 Å². The predicted molar refractivity (Wildman–Crippen MR) is 216 cm³/mol. The van der Waals surface area contributed by atoms with Gasteiger partial charge in [-0.3, -0.25) is 9.05 Å². The molecule has 5 nitrogen and oxygen atoms in total. The minimum atomic E-state index is -3.00. The molecule has 1 aliphatic rings. The molecule has 0 saturated carbocycles. The lowest BCUT2D eigenvalue weighted by Gasteiger charge is -2.31. The van der Waals surface area contributed by atoms with E-state index in [9.17, 15) is 9.59 Å². The number of likely N-dealkylation sites (tertiary alicyclic amines) is 1. The van der Waals surface area contributed by atoms with Gasteiger partial charge in [-0.15, -0.1) is 0 Å². The second-order valence-electron chi connectivity index (χ2n) is 12.6. The van der Waals surface area contributed by atoms with Gasteiger partial charge < -0.3 is 4.90 Å². The van der Waals surface area contributed by atoms with Gasteiger partial charge in [-0.2, -0.15) is 0 Å². The molecular weight excluding hydrogens is 680 g/mol. The molecule has 0 amide bonds. The summed E-state index contributed by atoms with van der Waals surface area (Å²) in [4.78, 5) is 31.6. The lowest BCUT2D eigenvalue weighted by Crippen LogP contribution is -2.39. The molecule has 1 saturated heterocycles. The van der Waals surface area contributed by atoms with Crippen LogP contribution in [0.5, 0.6) is 0 Å². The van der Waals surface area contributed by atoms with Gasteiger partial charge in [0.25, 0.3) is 15.0 Å². The first-order chi connectivity index (χ1) is 25.6. The van der Waals surface area contributed by atoms with Crippen LogP contribution in [0.15, 0.2) is 194 Å². The fourth-order valence-corrected chi connectivity index (χ4v) is 13.5. The van der Waals surface area contributed by atoms with E-state index in [1.54, 1.807) is 0 Å². The molecule has 6 aromatic rings. The van der Waals surface area contributed by atoms with Crippen molar-refractivity contribution in [2.45, 2.75) is 19.3 Å². The molecule has 0 radical (unpaired) electrons. The van der Waals surface area contributed by atoms with Crippen molar-refractivity contribution >= 4 is 58.7 Å². The van der Waals surface area contributed by atoms with Gasteiger partial charge in [-0.1, -0.05) is 109 Å². The van der Waals surface area contributed by atoms with E-state index in [2.05, 4.69) is 0 Å². The summed E-state index contributed by atoms with van der Waals surface area (Å²) in [5, 5.41) is 5.42. The summed E-state index contributed by atoms with van der Waals surface area (Å²) < 4.78 is 13.8. The molecule has 1 heterocycles. The third-order valence-corrected chi connectivity index (χ3v) is 16.4. The smallest absolute Gasteiger partial charge is 0.365 e. The molecule has 0 atom stereocenters. The summed E-state index contributed by atoms with van der Waals surface area (Å²) in [6.45, 7) is 1.27. The third-order valence-electron chi connectivity index (χ3n) is 9.33. The van der Waals surface area contributed by atoms with Crippen LogP contribution in [0.1, 0.15) is 19.3 Å². The molecule has 1 fully saturated rings. The highest BCUT2D eigenvalue weighted by atomic mass is 31.2. The number of piperidine rings is 1. The third kappa shape index (κ3) is 7.21. The Morgan fingerprint density at radius 2 is 0.712 bits per heavy atom. The van der Waals surface area contributed by atoms with E-state index >= 15 is 0 Å². The Hall–Kier alpha value is -5.34. The molecule has 1 aliphatic heterocycles. The Kier molecular flexibility index (Phi) is 11.0. The van der Waals surface area contributed by atoms with Crippen molar-refractivity contribution in [1.29, 1.82) is 0 Å². The first kappa shape index (κ1) is 35.1. The van der Waals surface area contributed by atoms with Gasteiger partial charge in [-0.05, 0) is 92.1 Å². The summed E-state index contributed by atoms with van der Waals surface area (Å²) in [5.41, 5.74) is 0.212. The molecule has 258 valence electrons. The van der Waals surface area contributed by atoms with Gasteiger partial charge in [-0.25, -0.2) is 9.59 Å². The number of carbonyl (C=O) groups excluding carboxylic acids is 2. The zero-order valence-corrected chi connectivity index (χ0v) is 30.7. The maximum Gasteiger partial charge on any atom is 0.398 e. The molecule has 0 unspecified atom stereocenters. The molecular formula is C45H41NO4P2+2. The van der Waals surface area contributed by atoms with Crippen LogP contribution in [-0.2, 0) is 18.6 Å². The molecule has 0 N–H and O–H groups in total. The Labute approximate surface area is 307 Å². The van der Waals surface area contributed by atoms with Crippen LogP contribution in [0.4, 0.5) is 0 Å². The molecule has 6 aromatic carbocycles. The number of hydrogen-bond acceptors (Lipinski definition) is 5. The minimum Gasteiger partial charge on any atom is -0.365 e. The summed E-state index contributed by atoms with van der Waals surface area (Å²) >= 11 is 0. The first-order valence-corrected chi connectivity index (χ1v) is 21.1. The summed E-state index contributed by atoms with van der Waals surface area (Å²) in [7, 11) is -5.98. The highest BCUT2D eigenvalue weighted by Crippen LogP contribution is 2.58. The van der Waals surface area contributed by atoms with Gasteiger partial charge in [0, 0.05) is 13.1 Å². The maximum atomic E-state index is 15.0. The summed E-state index contributed by atoms with van der Waals surface area (Å²) in [5.74, 6) is -1.14. The molecule has 0 bridgehead atoms. The van der Waals surface area contributed by atoms with Crippen LogP contribution in [0, 0.1) is 0 Å². The topological polar surface area (TPSA) is 55.8 Å². The quantitative estimate of drug-likeness (QED) is 0.104. The van der Waals surface area contributed by atoms with Gasteiger partial charge in [0.1, 0.15) is 37.5 Å². The van der Waals surface area contributed by atoms with Crippen LogP contribution in [0.3, 0.4) is 0 Å². The van der Waals surface area contributed by atoms with E-state index < -0.39 is 26.9 Å². The van der Waals surface area contributed by atoms with Crippen molar-refractivity contribution in [1.82, 2.24) is 4.90 Å². The van der Waals surface area contributed by atoms with E-state index in [4.69, 9.17) is 9.05 Å². The van der Waals surface area contributed by atoms with Crippen LogP contribution < -0.4 is 31.8 Å². The lowest BCUT2D eigenvalue weighted by molar-refractivity contribution is -0.133. The molecule has 7 heteroatoms. The van der Waals surface area contributed by atoms with E-state index in [1.165, 1.54) is 6.08 Å². The molecule has 52 heavy (non-hydrogen) atoms. The van der Waals surface area contributed by atoms with Gasteiger partial charge >= 0.3 is 11.9 Å². The Balaban J connectivity index is 1.36. The molecule has 7 rings (SSSR count). The average molecular weight is 722 g/mol. The molecule has 0 aliphatic carbocycles. The molecule has 0 spiro atoms. The predicted octanol–water partition coefficient (Wildman–Crippen LogP) is 7.26. The first-order valence-electron chi connectivity index (χ1n) is 17.7. The standard InChI is InChI=1S/C45H41NO4P2/c47-44(49-51(37-22-8-1-9-23-37,38-24-10-2-11-25-38)39-26-12-3-13-27-39)36-43(46-34-20-7-21-35-46)45(48)50-52(40-28-14-4-15-29-40,41-30-16-5-17-31-41)42-32-18-6-19-33-42/h1-6,8-19,22-33,36H,7,20-21,34-35H2/q+2. The maximum absolute atomic E-state index is 15.0. The number of rotatable bonds is 11. The van der Waals surface area contributed by atoms with Crippen LogP contribution in [-0.4, -0.2) is 29.9 Å². The lowest BCUT2D eigenvalue weighted by atomic mass is 10.1. The highest BCUT2D eigenvalue weighted by Gasteiger charge is 2.53. The number of nitrogens with zero attached hydrogens (tertiary/aromatic N) is 1. The van der Waals surface area contributed by atoms with Gasteiger partial charge in [0.15, 0.2) is 0 Å². The normalized spacial score (nSPS) is 13.6. The van der Waals surface area contributed by atoms with Crippen molar-refractivity contribution in [2.75, 3.05) is 13.1 Å². The van der Waals surface area contributed by atoms with Gasteiger partial charge in [0.2, 0.25) is 0 Å². The average Bonchev–Trinajstić information content (AvgIpc) is 3.23. The second kappa shape index (κ2) is 16.3. The van der Waals surface area contributed by atoms with Crippen LogP contribution >= 0.6 is 15.0 Å². The Morgan fingerprint density at radius 3 is 1.02 bits per heavy atom. The van der Waals surface area contributed by atoms with E-state index in [-0.39, 0.29) is 5.70 Å². The largest absolute Gasteiger partial charge is 0.398 e. The van der Waals surface area contributed by atoms with Crippen molar-refractivity contribution in [3.63, 3.8) is 0 Å². The second-order valence-corrected chi connectivity index (χ2v) is 18.5. The zero-order valence-electron chi connectivity index (χ0n) is 28.9. The monoisotopic (exact) mass is 721 g/mol. The summed E-state index contributed by atoms with van der Waals surface area (Å²) in [6.07, 6.45) is 4.26. The molecule has 0 aromatic heterocycles. The zero-order chi connectivity index (χ0) is 35.6. The fourth-order valence-electron chi connectivity index (χ4n) is 6.90. The minimum absolute atomic E-state index is 0.212. The van der Waals surface area contributed by atoms with Crippen molar-refractivity contribution in [3.05, 3.63) is 194 Å². The Morgan fingerprint density at radius 1 is 0.423 bits per heavy atom. The number of hydrogen-bond donors (Lipinski definition) is 0. The van der Waals surface area contributed by atoms with E-state index in [1.807, 2.05) is 187 Å². The van der Waals surface area contributed by atoms with Gasteiger partial charge in [0.05, 0.1) is 6.08 Å².